The Morgan fingerprint density at radius 2 is 1.58 bits per heavy atom. The van der Waals surface area contributed by atoms with Gasteiger partial charge in [-0.15, -0.1) is 0 Å². The van der Waals surface area contributed by atoms with Gasteiger partial charge in [-0.1, -0.05) is 88.0 Å². The predicted octanol–water partition coefficient (Wildman–Crippen LogP) is 6.20. The first-order valence-corrected chi connectivity index (χ1v) is 15.4. The molecule has 3 rings (SSSR count). The van der Waals surface area contributed by atoms with Gasteiger partial charge in [0.2, 0.25) is 5.12 Å². The lowest BCUT2D eigenvalue weighted by Crippen LogP contribution is -2.49. The molecular formula is C26H35NO4SSi. The molecule has 0 radical (unpaired) electrons. The number of amides is 1. The number of carbonyl (C=O) groups is 2. The number of ether oxygens (including phenoxy) is 1. The second-order valence-corrected chi connectivity index (χ2v) is 15.9. The van der Waals surface area contributed by atoms with Crippen LogP contribution < -0.4 is 5.32 Å². The third-order valence-corrected chi connectivity index (χ3v) is 12.0. The molecule has 0 aliphatic heterocycles. The van der Waals surface area contributed by atoms with Crippen LogP contribution in [0.2, 0.25) is 18.1 Å². The van der Waals surface area contributed by atoms with Crippen molar-refractivity contribution in [3.8, 4) is 11.1 Å². The number of thioether (sulfide) groups is 1. The molecule has 1 amide bonds. The van der Waals surface area contributed by atoms with Crippen LogP contribution in [-0.4, -0.2) is 44.5 Å². The Kier molecular flexibility index (Phi) is 8.08. The maximum Gasteiger partial charge on any atom is 0.407 e. The Labute approximate surface area is 202 Å². The van der Waals surface area contributed by atoms with Crippen LogP contribution in [0.5, 0.6) is 0 Å². The molecule has 2 aromatic carbocycles. The quantitative estimate of drug-likeness (QED) is 0.451. The first kappa shape index (κ1) is 25.5. The Balaban J connectivity index is 1.66. The zero-order chi connectivity index (χ0) is 24.2. The minimum absolute atomic E-state index is 0.0161. The molecule has 2 aromatic rings. The van der Waals surface area contributed by atoms with Gasteiger partial charge in [0.1, 0.15) is 12.6 Å². The van der Waals surface area contributed by atoms with Gasteiger partial charge in [0, 0.05) is 5.92 Å². The lowest BCUT2D eigenvalue weighted by atomic mass is 9.98. The van der Waals surface area contributed by atoms with Crippen molar-refractivity contribution in [3.63, 3.8) is 0 Å². The summed E-state index contributed by atoms with van der Waals surface area (Å²) >= 11 is 1.19. The Morgan fingerprint density at radius 3 is 2.09 bits per heavy atom. The fourth-order valence-corrected chi connectivity index (χ4v) is 5.33. The summed E-state index contributed by atoms with van der Waals surface area (Å²) in [5.74, 6) is 0.618. The largest absolute Gasteiger partial charge is 0.449 e. The van der Waals surface area contributed by atoms with E-state index in [2.05, 4.69) is 63.4 Å². The van der Waals surface area contributed by atoms with E-state index < -0.39 is 20.5 Å². The summed E-state index contributed by atoms with van der Waals surface area (Å²) in [7, 11) is -2.06. The first-order valence-electron chi connectivity index (χ1n) is 11.5. The molecular weight excluding hydrogens is 450 g/mol. The van der Waals surface area contributed by atoms with E-state index in [9.17, 15) is 9.59 Å². The molecule has 33 heavy (non-hydrogen) atoms. The smallest absolute Gasteiger partial charge is 0.407 e. The molecule has 0 unspecified atom stereocenters. The number of rotatable bonds is 8. The van der Waals surface area contributed by atoms with Crippen molar-refractivity contribution in [2.45, 2.75) is 57.8 Å². The number of nitrogens with one attached hydrogen (secondary N) is 1. The van der Waals surface area contributed by atoms with E-state index in [1.807, 2.05) is 31.2 Å². The highest BCUT2D eigenvalue weighted by Crippen LogP contribution is 2.44. The van der Waals surface area contributed by atoms with Crippen molar-refractivity contribution in [3.05, 3.63) is 59.7 Å². The molecule has 1 atom stereocenters. The van der Waals surface area contributed by atoms with Gasteiger partial charge in [0.15, 0.2) is 8.32 Å². The standard InChI is InChI=1S/C26H35NO4SSi/c1-7-32-24(28)23(17-31-33(5,6)26(2,3)4)27-25(29)30-16-22-20-14-10-8-12-18(20)19-13-9-11-15-21(19)22/h8-15,22-23H,7,16-17H2,1-6H3,(H,27,29)/t23-/m1/s1. The van der Waals surface area contributed by atoms with Crippen molar-refractivity contribution in [1.29, 1.82) is 0 Å². The van der Waals surface area contributed by atoms with Crippen molar-refractivity contribution in [1.82, 2.24) is 5.32 Å². The molecule has 0 heterocycles. The first-order chi connectivity index (χ1) is 15.5. The Hall–Kier alpha value is -2.09. The number of fused-ring (bicyclic) bond motifs is 3. The minimum atomic E-state index is -2.06. The van der Waals surface area contributed by atoms with Gasteiger partial charge in [-0.3, -0.25) is 4.79 Å². The van der Waals surface area contributed by atoms with Gasteiger partial charge in [0.05, 0.1) is 6.61 Å². The molecule has 0 bridgehead atoms. The Bertz CT molecular complexity index is 956. The van der Waals surface area contributed by atoms with E-state index in [4.69, 9.17) is 9.16 Å². The summed E-state index contributed by atoms with van der Waals surface area (Å²) in [6.07, 6.45) is -0.592. The molecule has 1 N–H and O–H groups in total. The van der Waals surface area contributed by atoms with E-state index in [1.54, 1.807) is 0 Å². The second-order valence-electron chi connectivity index (χ2n) is 9.85. The van der Waals surface area contributed by atoms with Crippen LogP contribution in [0.4, 0.5) is 4.79 Å². The van der Waals surface area contributed by atoms with E-state index in [1.165, 1.54) is 22.9 Å². The molecule has 5 nitrogen and oxygen atoms in total. The summed E-state index contributed by atoms with van der Waals surface area (Å²) in [6.45, 7) is 13.0. The SMILES string of the molecule is CCSC(=O)[C@@H](CO[Si](C)(C)C(C)(C)C)NC(=O)OCC1c2ccccc2-c2ccccc21. The third kappa shape index (κ3) is 5.89. The van der Waals surface area contributed by atoms with Crippen LogP contribution >= 0.6 is 11.8 Å². The number of hydrogen-bond acceptors (Lipinski definition) is 5. The van der Waals surface area contributed by atoms with Gasteiger partial charge in [-0.25, -0.2) is 4.79 Å². The lowest BCUT2D eigenvalue weighted by molar-refractivity contribution is -0.113. The zero-order valence-electron chi connectivity index (χ0n) is 20.4. The van der Waals surface area contributed by atoms with E-state index in [0.717, 1.165) is 11.1 Å². The van der Waals surface area contributed by atoms with E-state index >= 15 is 0 Å². The monoisotopic (exact) mass is 485 g/mol. The molecule has 0 saturated carbocycles. The van der Waals surface area contributed by atoms with Crippen molar-refractivity contribution in [2.75, 3.05) is 19.0 Å². The molecule has 0 aromatic heterocycles. The topological polar surface area (TPSA) is 64.6 Å². The highest BCUT2D eigenvalue weighted by Gasteiger charge is 2.38. The Morgan fingerprint density at radius 1 is 1.03 bits per heavy atom. The number of hydrogen-bond donors (Lipinski definition) is 1. The zero-order valence-corrected chi connectivity index (χ0v) is 22.3. The van der Waals surface area contributed by atoms with Gasteiger partial charge in [0.25, 0.3) is 0 Å². The fraction of sp³-hybridized carbons (Fsp3) is 0.462. The molecule has 178 valence electrons. The summed E-state index contributed by atoms with van der Waals surface area (Å²) in [5, 5.41) is 2.67. The normalized spacial score (nSPS) is 14.4. The lowest BCUT2D eigenvalue weighted by Gasteiger charge is -2.37. The number of carbonyl (C=O) groups excluding carboxylic acids is 2. The second kappa shape index (κ2) is 10.4. The highest BCUT2D eigenvalue weighted by atomic mass is 32.2. The third-order valence-electron chi connectivity index (χ3n) is 6.62. The van der Waals surface area contributed by atoms with Crippen molar-refractivity contribution in [2.24, 2.45) is 0 Å². The molecule has 1 aliphatic rings. The van der Waals surface area contributed by atoms with Crippen LogP contribution in [-0.2, 0) is 14.0 Å². The van der Waals surface area contributed by atoms with Gasteiger partial charge >= 0.3 is 6.09 Å². The van der Waals surface area contributed by atoms with Gasteiger partial charge < -0.3 is 14.5 Å². The minimum Gasteiger partial charge on any atom is -0.449 e. The average Bonchev–Trinajstić information content (AvgIpc) is 3.08. The molecule has 0 fully saturated rings. The van der Waals surface area contributed by atoms with Crippen LogP contribution in [0.15, 0.2) is 48.5 Å². The highest BCUT2D eigenvalue weighted by molar-refractivity contribution is 8.13. The van der Waals surface area contributed by atoms with Crippen LogP contribution in [0, 0.1) is 0 Å². The molecule has 7 heteroatoms. The van der Waals surface area contributed by atoms with Crippen molar-refractivity contribution < 1.29 is 18.8 Å². The molecule has 0 spiro atoms. The van der Waals surface area contributed by atoms with Crippen LogP contribution in [0.1, 0.15) is 44.7 Å². The van der Waals surface area contributed by atoms with Crippen LogP contribution in [0.3, 0.4) is 0 Å². The summed E-state index contributed by atoms with van der Waals surface area (Å²) < 4.78 is 11.9. The average molecular weight is 486 g/mol. The van der Waals surface area contributed by atoms with Gasteiger partial charge in [-0.05, 0) is 46.1 Å². The predicted molar refractivity (Wildman–Crippen MR) is 138 cm³/mol. The van der Waals surface area contributed by atoms with E-state index in [-0.39, 0.29) is 29.3 Å². The maximum absolute atomic E-state index is 12.7. The maximum atomic E-state index is 12.7. The van der Waals surface area contributed by atoms with Crippen LogP contribution in [0.25, 0.3) is 11.1 Å². The molecule has 1 aliphatic carbocycles. The van der Waals surface area contributed by atoms with Crippen molar-refractivity contribution >= 4 is 31.3 Å². The van der Waals surface area contributed by atoms with Gasteiger partial charge in [-0.2, -0.15) is 0 Å². The summed E-state index contributed by atoms with van der Waals surface area (Å²) in [6, 6.07) is 15.7. The molecule has 0 saturated heterocycles. The number of alkyl carbamates (subject to hydrolysis) is 1. The fourth-order valence-electron chi connectivity index (χ4n) is 3.70. The summed E-state index contributed by atoms with van der Waals surface area (Å²) in [4.78, 5) is 25.4. The van der Waals surface area contributed by atoms with E-state index in [0.29, 0.717) is 5.75 Å². The number of benzene rings is 2. The summed E-state index contributed by atoms with van der Waals surface area (Å²) in [5.41, 5.74) is 4.67.